The standard InChI is InChI=1S/C14H22O3Si/c1-5-18(6-2,7-3)14-10-12(11-17-14)8-9-13(15)16-4/h8-11H,5-7H2,1-4H3/b9-8+. The molecule has 1 rings (SSSR count). The van der Waals surface area contributed by atoms with Gasteiger partial charge >= 0.3 is 5.97 Å². The summed E-state index contributed by atoms with van der Waals surface area (Å²) in [6.45, 7) is 6.73. The van der Waals surface area contributed by atoms with Crippen LogP contribution < -0.4 is 5.38 Å². The first-order valence-corrected chi connectivity index (χ1v) is 9.09. The molecule has 18 heavy (non-hydrogen) atoms. The van der Waals surface area contributed by atoms with Crippen molar-refractivity contribution in [2.24, 2.45) is 0 Å². The number of hydrogen-bond acceptors (Lipinski definition) is 3. The third-order valence-electron chi connectivity index (χ3n) is 3.79. The van der Waals surface area contributed by atoms with Gasteiger partial charge in [-0.15, -0.1) is 0 Å². The fraction of sp³-hybridized carbons (Fsp3) is 0.500. The van der Waals surface area contributed by atoms with E-state index in [1.165, 1.54) is 31.3 Å². The summed E-state index contributed by atoms with van der Waals surface area (Å²) in [6.07, 6.45) is 4.87. The van der Waals surface area contributed by atoms with E-state index in [1.807, 2.05) is 0 Å². The van der Waals surface area contributed by atoms with Gasteiger partial charge in [0.05, 0.1) is 18.8 Å². The Labute approximate surface area is 110 Å². The molecule has 0 aliphatic rings. The molecule has 1 aromatic heterocycles. The molecule has 0 N–H and O–H groups in total. The van der Waals surface area contributed by atoms with Crippen molar-refractivity contribution in [3.8, 4) is 0 Å². The average molecular weight is 266 g/mol. The van der Waals surface area contributed by atoms with Crippen molar-refractivity contribution in [2.75, 3.05) is 7.11 Å². The summed E-state index contributed by atoms with van der Waals surface area (Å²) in [6, 6.07) is 5.64. The number of carbonyl (C=O) groups is 1. The van der Waals surface area contributed by atoms with E-state index in [4.69, 9.17) is 4.42 Å². The third-order valence-corrected chi connectivity index (χ3v) is 9.15. The van der Waals surface area contributed by atoms with E-state index in [1.54, 1.807) is 12.3 Å². The number of ether oxygens (including phenoxy) is 1. The molecule has 1 aromatic rings. The number of furan rings is 1. The number of esters is 1. The molecule has 1 heterocycles. The molecule has 4 heteroatoms. The zero-order chi connectivity index (χ0) is 13.6. The maximum Gasteiger partial charge on any atom is 0.330 e. The highest BCUT2D eigenvalue weighted by Gasteiger charge is 2.32. The summed E-state index contributed by atoms with van der Waals surface area (Å²) in [5.41, 5.74) is 0.933. The molecule has 3 nitrogen and oxygen atoms in total. The largest absolute Gasteiger partial charge is 0.474 e. The van der Waals surface area contributed by atoms with E-state index < -0.39 is 8.07 Å². The first-order chi connectivity index (χ1) is 8.61. The molecule has 0 bridgehead atoms. The molecule has 0 saturated heterocycles. The summed E-state index contributed by atoms with van der Waals surface area (Å²) < 4.78 is 10.3. The second-order valence-corrected chi connectivity index (χ2v) is 9.62. The fourth-order valence-corrected chi connectivity index (χ4v) is 5.55. The van der Waals surface area contributed by atoms with Crippen molar-refractivity contribution >= 4 is 25.5 Å². The molecule has 0 atom stereocenters. The minimum Gasteiger partial charge on any atom is -0.474 e. The highest BCUT2D eigenvalue weighted by molar-refractivity contribution is 6.90. The van der Waals surface area contributed by atoms with Gasteiger partial charge in [0.15, 0.2) is 0 Å². The first kappa shape index (κ1) is 14.8. The van der Waals surface area contributed by atoms with Crippen molar-refractivity contribution in [2.45, 2.75) is 38.9 Å². The van der Waals surface area contributed by atoms with Crippen molar-refractivity contribution < 1.29 is 13.9 Å². The van der Waals surface area contributed by atoms with E-state index in [9.17, 15) is 4.79 Å². The monoisotopic (exact) mass is 266 g/mol. The Morgan fingerprint density at radius 3 is 2.44 bits per heavy atom. The second kappa shape index (κ2) is 6.59. The van der Waals surface area contributed by atoms with Gasteiger partial charge in [-0.2, -0.15) is 0 Å². The Morgan fingerprint density at radius 1 is 1.33 bits per heavy atom. The van der Waals surface area contributed by atoms with Crippen molar-refractivity contribution in [1.82, 2.24) is 0 Å². The van der Waals surface area contributed by atoms with Gasteiger partial charge in [-0.1, -0.05) is 38.9 Å². The summed E-state index contributed by atoms with van der Waals surface area (Å²) in [4.78, 5) is 11.0. The average Bonchev–Trinajstić information content (AvgIpc) is 2.88. The lowest BCUT2D eigenvalue weighted by atomic mass is 10.3. The van der Waals surface area contributed by atoms with Crippen LogP contribution in [0.25, 0.3) is 6.08 Å². The van der Waals surface area contributed by atoms with Crippen molar-refractivity contribution in [3.05, 3.63) is 24.0 Å². The first-order valence-electron chi connectivity index (χ1n) is 6.47. The fourth-order valence-electron chi connectivity index (χ4n) is 2.22. The van der Waals surface area contributed by atoms with Gasteiger partial charge in [0, 0.05) is 11.6 Å². The summed E-state index contributed by atoms with van der Waals surface area (Å²) >= 11 is 0. The van der Waals surface area contributed by atoms with Crippen molar-refractivity contribution in [3.63, 3.8) is 0 Å². The zero-order valence-corrected chi connectivity index (χ0v) is 12.7. The maximum atomic E-state index is 11.0. The molecule has 0 fully saturated rings. The molecule has 0 aliphatic carbocycles. The molecule has 0 spiro atoms. The van der Waals surface area contributed by atoms with Crippen LogP contribution in [0, 0.1) is 0 Å². The van der Waals surface area contributed by atoms with E-state index >= 15 is 0 Å². The lowest BCUT2D eigenvalue weighted by Crippen LogP contribution is -2.44. The summed E-state index contributed by atoms with van der Waals surface area (Å²) in [5.74, 6) is -0.345. The Balaban J connectivity index is 2.91. The molecule has 0 saturated carbocycles. The van der Waals surface area contributed by atoms with Crippen LogP contribution >= 0.6 is 0 Å². The SMILES string of the molecule is CC[Si](CC)(CC)c1cc(/C=C/C(=O)OC)co1. The topological polar surface area (TPSA) is 39.4 Å². The number of rotatable bonds is 6. The molecule has 100 valence electrons. The van der Waals surface area contributed by atoms with Gasteiger partial charge < -0.3 is 9.15 Å². The third kappa shape index (κ3) is 3.13. The Kier molecular flexibility index (Phi) is 5.41. The molecule has 0 aliphatic heterocycles. The van der Waals surface area contributed by atoms with Crippen LogP contribution in [0.5, 0.6) is 0 Å². The Morgan fingerprint density at radius 2 is 1.94 bits per heavy atom. The van der Waals surface area contributed by atoms with E-state index in [-0.39, 0.29) is 5.97 Å². The second-order valence-electron chi connectivity index (χ2n) is 4.44. The zero-order valence-electron chi connectivity index (χ0n) is 11.7. The van der Waals surface area contributed by atoms with E-state index in [2.05, 4.69) is 31.6 Å². The maximum absolute atomic E-state index is 11.0. The lowest BCUT2D eigenvalue weighted by Gasteiger charge is -2.24. The predicted octanol–water partition coefficient (Wildman–Crippen LogP) is 3.18. The van der Waals surface area contributed by atoms with Crippen LogP contribution in [0.15, 0.2) is 22.8 Å². The number of hydrogen-bond donors (Lipinski definition) is 0. The van der Waals surface area contributed by atoms with Gasteiger partial charge in [0.1, 0.15) is 8.07 Å². The molecule has 0 unspecified atom stereocenters. The minimum absolute atomic E-state index is 0.345. The minimum atomic E-state index is -1.45. The van der Waals surface area contributed by atoms with Crippen LogP contribution in [-0.2, 0) is 9.53 Å². The van der Waals surface area contributed by atoms with Crippen LogP contribution in [0.2, 0.25) is 18.1 Å². The molecule has 0 amide bonds. The van der Waals surface area contributed by atoms with Gasteiger partial charge in [-0.25, -0.2) is 4.79 Å². The van der Waals surface area contributed by atoms with E-state index in [0.717, 1.165) is 10.9 Å². The summed E-state index contributed by atoms with van der Waals surface area (Å²) in [5, 5.41) is 1.14. The predicted molar refractivity (Wildman–Crippen MR) is 76.6 cm³/mol. The summed E-state index contributed by atoms with van der Waals surface area (Å²) in [7, 11) is -0.0822. The number of carbonyl (C=O) groups excluding carboxylic acids is 1. The van der Waals surface area contributed by atoms with Crippen LogP contribution in [0.3, 0.4) is 0 Å². The lowest BCUT2D eigenvalue weighted by molar-refractivity contribution is -0.134. The van der Waals surface area contributed by atoms with Gasteiger partial charge in [0.2, 0.25) is 0 Å². The molecular formula is C14H22O3Si. The Hall–Kier alpha value is -1.29. The normalized spacial score (nSPS) is 12.0. The van der Waals surface area contributed by atoms with Gasteiger partial charge in [0.25, 0.3) is 0 Å². The number of methoxy groups -OCH3 is 1. The molecule has 0 radical (unpaired) electrons. The van der Waals surface area contributed by atoms with Gasteiger partial charge in [-0.3, -0.25) is 0 Å². The van der Waals surface area contributed by atoms with Crippen LogP contribution in [-0.4, -0.2) is 21.2 Å². The Bertz CT molecular complexity index is 408. The highest BCUT2D eigenvalue weighted by atomic mass is 28.3. The van der Waals surface area contributed by atoms with Gasteiger partial charge in [-0.05, 0) is 12.1 Å². The van der Waals surface area contributed by atoms with Crippen molar-refractivity contribution in [1.29, 1.82) is 0 Å². The molecular weight excluding hydrogens is 244 g/mol. The van der Waals surface area contributed by atoms with Crippen LogP contribution in [0.4, 0.5) is 0 Å². The quantitative estimate of drug-likeness (QED) is 0.451. The smallest absolute Gasteiger partial charge is 0.330 e. The highest BCUT2D eigenvalue weighted by Crippen LogP contribution is 2.21. The van der Waals surface area contributed by atoms with E-state index in [0.29, 0.717) is 0 Å². The van der Waals surface area contributed by atoms with Crippen LogP contribution in [0.1, 0.15) is 26.3 Å². The molecule has 0 aromatic carbocycles.